The average Bonchev–Trinajstić information content (AvgIpc) is 3.61. The molecule has 1 unspecified atom stereocenters. The second-order valence-corrected chi connectivity index (χ2v) is 10.1. The number of aromatic nitrogens is 3. The Kier molecular flexibility index (Phi) is 6.87. The Morgan fingerprint density at radius 2 is 1.81 bits per heavy atom. The highest BCUT2D eigenvalue weighted by Crippen LogP contribution is 2.30. The number of rotatable bonds is 8. The number of benzene rings is 2. The van der Waals surface area contributed by atoms with Crippen molar-refractivity contribution in [3.8, 4) is 5.75 Å². The molecule has 0 radical (unpaired) electrons. The lowest BCUT2D eigenvalue weighted by Crippen LogP contribution is -2.51. The second-order valence-electron chi connectivity index (χ2n) is 9.67. The standard InChI is InChI=1S/C26H29ClN4O5/c1-26(2)35-16-22(36-26)14-31-24(32)29-23(30(25(31)33)13-17-5-7-19(27)8-6-17)28-20-9-11-21(12-10-20)34-15-18-3-4-18/h5-12,18,22H,3-4,13-16H2,1-2H3,(H,28,29,32). The van der Waals surface area contributed by atoms with E-state index in [1.807, 2.05) is 24.3 Å². The van der Waals surface area contributed by atoms with Crippen LogP contribution in [0.2, 0.25) is 5.02 Å². The van der Waals surface area contributed by atoms with E-state index >= 15 is 0 Å². The van der Waals surface area contributed by atoms with E-state index in [4.69, 9.17) is 25.8 Å². The second kappa shape index (κ2) is 10.1. The number of nitrogens with zero attached hydrogens (tertiary/aromatic N) is 3. The summed E-state index contributed by atoms with van der Waals surface area (Å²) in [5.41, 5.74) is 0.503. The number of hydrogen-bond donors (Lipinski definition) is 1. The largest absolute Gasteiger partial charge is 0.493 e. The third-order valence-electron chi connectivity index (χ3n) is 6.14. The summed E-state index contributed by atoms with van der Waals surface area (Å²) >= 11 is 6.03. The molecule has 10 heteroatoms. The monoisotopic (exact) mass is 512 g/mol. The van der Waals surface area contributed by atoms with Gasteiger partial charge in [-0.25, -0.2) is 19.1 Å². The fourth-order valence-electron chi connectivity index (χ4n) is 4.01. The van der Waals surface area contributed by atoms with Crippen LogP contribution in [0.25, 0.3) is 0 Å². The van der Waals surface area contributed by atoms with Crippen molar-refractivity contribution in [1.82, 2.24) is 14.1 Å². The summed E-state index contributed by atoms with van der Waals surface area (Å²) in [6, 6.07) is 14.4. The third kappa shape index (κ3) is 5.98. The van der Waals surface area contributed by atoms with Gasteiger partial charge in [0.15, 0.2) is 5.79 Å². The number of nitrogens with one attached hydrogen (secondary N) is 1. The number of hydrogen-bond acceptors (Lipinski definition) is 6. The van der Waals surface area contributed by atoms with E-state index in [0.29, 0.717) is 16.6 Å². The topological polar surface area (TPSA) is 99.8 Å². The number of halogens is 1. The van der Waals surface area contributed by atoms with E-state index < -0.39 is 23.3 Å². The van der Waals surface area contributed by atoms with Crippen molar-refractivity contribution in [3.05, 3.63) is 85.7 Å². The van der Waals surface area contributed by atoms with Crippen LogP contribution in [0.15, 0.2) is 63.1 Å². The van der Waals surface area contributed by atoms with Gasteiger partial charge in [-0.1, -0.05) is 23.7 Å². The molecule has 0 bridgehead atoms. The van der Waals surface area contributed by atoms with Gasteiger partial charge >= 0.3 is 11.4 Å². The SMILES string of the molecule is CC1(C)OCC(Cn2c(=O)[nH]/c(=N\c3ccc(OCC4CC4)cc3)n(Cc3ccc(Cl)cc3)c2=O)O1. The maximum atomic E-state index is 13.5. The third-order valence-corrected chi connectivity index (χ3v) is 6.40. The highest BCUT2D eigenvalue weighted by atomic mass is 35.5. The molecule has 1 saturated heterocycles. The van der Waals surface area contributed by atoms with Gasteiger partial charge in [0.25, 0.3) is 0 Å². The Morgan fingerprint density at radius 1 is 1.08 bits per heavy atom. The van der Waals surface area contributed by atoms with Gasteiger partial charge < -0.3 is 14.2 Å². The zero-order valence-corrected chi connectivity index (χ0v) is 21.0. The quantitative estimate of drug-likeness (QED) is 0.499. The Labute approximate surface area is 212 Å². The summed E-state index contributed by atoms with van der Waals surface area (Å²) in [7, 11) is 0. The molecule has 3 aromatic rings. The molecular weight excluding hydrogens is 484 g/mol. The first-order valence-corrected chi connectivity index (χ1v) is 12.4. The van der Waals surface area contributed by atoms with E-state index in [0.717, 1.165) is 22.5 Å². The van der Waals surface area contributed by atoms with Crippen molar-refractivity contribution in [2.45, 2.75) is 51.7 Å². The molecule has 1 aliphatic heterocycles. The van der Waals surface area contributed by atoms with Crippen molar-refractivity contribution in [2.24, 2.45) is 10.9 Å². The molecule has 9 nitrogen and oxygen atoms in total. The molecule has 2 aromatic carbocycles. The minimum Gasteiger partial charge on any atom is -0.493 e. The summed E-state index contributed by atoms with van der Waals surface area (Å²) < 4.78 is 19.8. The van der Waals surface area contributed by atoms with Crippen molar-refractivity contribution in [1.29, 1.82) is 0 Å². The Morgan fingerprint density at radius 3 is 2.44 bits per heavy atom. The van der Waals surface area contributed by atoms with Gasteiger partial charge in [0.1, 0.15) is 11.9 Å². The predicted octanol–water partition coefficient (Wildman–Crippen LogP) is 3.21. The zero-order valence-electron chi connectivity index (χ0n) is 20.3. The van der Waals surface area contributed by atoms with E-state index in [2.05, 4.69) is 9.98 Å². The summed E-state index contributed by atoms with van der Waals surface area (Å²) in [4.78, 5) is 33.8. The average molecular weight is 513 g/mol. The maximum absolute atomic E-state index is 13.5. The maximum Gasteiger partial charge on any atom is 0.335 e. The minimum atomic E-state index is -0.760. The summed E-state index contributed by atoms with van der Waals surface area (Å²) in [6.45, 7) is 4.86. The first-order valence-electron chi connectivity index (χ1n) is 12.0. The van der Waals surface area contributed by atoms with Gasteiger partial charge in [0, 0.05) is 5.02 Å². The predicted molar refractivity (Wildman–Crippen MR) is 135 cm³/mol. The van der Waals surface area contributed by atoms with Crippen molar-refractivity contribution in [2.75, 3.05) is 13.2 Å². The van der Waals surface area contributed by atoms with E-state index in [1.165, 1.54) is 17.4 Å². The van der Waals surface area contributed by atoms with Gasteiger partial charge in [-0.2, -0.15) is 0 Å². The molecule has 2 fully saturated rings. The fraction of sp³-hybridized carbons (Fsp3) is 0.423. The molecule has 2 aliphatic rings. The first-order chi connectivity index (χ1) is 17.3. The highest BCUT2D eigenvalue weighted by Gasteiger charge is 2.33. The van der Waals surface area contributed by atoms with Gasteiger partial charge in [0.05, 0.1) is 32.0 Å². The lowest BCUT2D eigenvalue weighted by atomic mass is 10.2. The molecule has 1 aliphatic carbocycles. The molecule has 1 aromatic heterocycles. The fourth-order valence-corrected chi connectivity index (χ4v) is 4.14. The number of ether oxygens (including phenoxy) is 3. The van der Waals surface area contributed by atoms with Crippen molar-refractivity contribution >= 4 is 17.3 Å². The smallest absolute Gasteiger partial charge is 0.335 e. The van der Waals surface area contributed by atoms with Crippen LogP contribution in [0.4, 0.5) is 5.69 Å². The lowest BCUT2D eigenvalue weighted by Gasteiger charge is -2.17. The van der Waals surface area contributed by atoms with E-state index in [9.17, 15) is 9.59 Å². The molecular formula is C26H29ClN4O5. The Balaban J connectivity index is 1.49. The number of aromatic amines is 1. The van der Waals surface area contributed by atoms with Crippen LogP contribution in [-0.2, 0) is 22.6 Å². The lowest BCUT2D eigenvalue weighted by molar-refractivity contribution is -0.139. The van der Waals surface area contributed by atoms with Crippen LogP contribution in [0.1, 0.15) is 32.3 Å². The summed E-state index contributed by atoms with van der Waals surface area (Å²) in [5.74, 6) is 0.662. The number of H-pyrrole nitrogens is 1. The van der Waals surface area contributed by atoms with Crippen molar-refractivity contribution < 1.29 is 14.2 Å². The minimum absolute atomic E-state index is 0.0610. The molecule has 36 heavy (non-hydrogen) atoms. The van der Waals surface area contributed by atoms with Gasteiger partial charge in [-0.3, -0.25) is 9.55 Å². The van der Waals surface area contributed by atoms with Crippen LogP contribution >= 0.6 is 11.6 Å². The first kappa shape index (κ1) is 24.5. The van der Waals surface area contributed by atoms with Crippen LogP contribution in [0.5, 0.6) is 5.75 Å². The Hall–Kier alpha value is -3.14. The van der Waals surface area contributed by atoms with Gasteiger partial charge in [-0.05, 0) is 74.6 Å². The molecule has 190 valence electrons. The molecule has 0 spiro atoms. The van der Waals surface area contributed by atoms with Crippen LogP contribution < -0.4 is 21.7 Å². The Bertz CT molecular complexity index is 1400. The van der Waals surface area contributed by atoms with Gasteiger partial charge in [0.2, 0.25) is 5.62 Å². The molecule has 1 N–H and O–H groups in total. The van der Waals surface area contributed by atoms with E-state index in [1.54, 1.807) is 38.1 Å². The zero-order chi connectivity index (χ0) is 25.3. The molecule has 2 heterocycles. The van der Waals surface area contributed by atoms with E-state index in [-0.39, 0.29) is 25.3 Å². The summed E-state index contributed by atoms with van der Waals surface area (Å²) in [6.07, 6.45) is 2.02. The van der Waals surface area contributed by atoms with Gasteiger partial charge in [-0.15, -0.1) is 0 Å². The highest BCUT2D eigenvalue weighted by molar-refractivity contribution is 6.30. The molecule has 5 rings (SSSR count). The summed E-state index contributed by atoms with van der Waals surface area (Å²) in [5, 5.41) is 0.595. The normalized spacial score (nSPS) is 19.5. The van der Waals surface area contributed by atoms with Crippen LogP contribution in [0, 0.1) is 5.92 Å². The molecule has 1 saturated carbocycles. The van der Waals surface area contributed by atoms with Crippen molar-refractivity contribution in [3.63, 3.8) is 0 Å². The van der Waals surface area contributed by atoms with Crippen LogP contribution in [0.3, 0.4) is 0 Å². The van der Waals surface area contributed by atoms with Crippen LogP contribution in [-0.4, -0.2) is 39.2 Å². The molecule has 0 amide bonds. The molecule has 1 atom stereocenters.